The van der Waals surface area contributed by atoms with Crippen molar-refractivity contribution in [2.24, 2.45) is 34.5 Å². The van der Waals surface area contributed by atoms with Crippen molar-refractivity contribution >= 4 is 22.6 Å². The van der Waals surface area contributed by atoms with Crippen molar-refractivity contribution in [3.05, 3.63) is 75.5 Å². The van der Waals surface area contributed by atoms with Crippen LogP contribution in [0.5, 0.6) is 0 Å². The van der Waals surface area contributed by atoms with Crippen molar-refractivity contribution in [2.75, 3.05) is 26.2 Å². The molecule has 2 amide bonds. The number of hydrogen-bond donors (Lipinski definition) is 2. The third-order valence-electron chi connectivity index (χ3n) is 15.6. The highest BCUT2D eigenvalue weighted by atomic mass is 19.1. The summed E-state index contributed by atoms with van der Waals surface area (Å²) in [5.74, 6) is 1.17. The molecule has 2 aromatic carbocycles. The number of rotatable bonds is 7. The number of aromatic amines is 1. The molecule has 0 radical (unpaired) electrons. The average Bonchev–Trinajstić information content (AvgIpc) is 3.43. The van der Waals surface area contributed by atoms with Crippen LogP contribution in [0.4, 0.5) is 8.78 Å². The number of H-pyrrole nitrogens is 1. The molecular weight excluding hydrogens is 687 g/mol. The van der Waals surface area contributed by atoms with Crippen LogP contribution < -0.4 is 5.56 Å². The molecule has 290 valence electrons. The first-order valence-electron chi connectivity index (χ1n) is 20.4. The van der Waals surface area contributed by atoms with Gasteiger partial charge in [-0.25, -0.2) is 13.9 Å². The van der Waals surface area contributed by atoms with Gasteiger partial charge >= 0.3 is 0 Å². The summed E-state index contributed by atoms with van der Waals surface area (Å²) in [7, 11) is 0. The van der Waals surface area contributed by atoms with Gasteiger partial charge in [-0.05, 0) is 136 Å². The van der Waals surface area contributed by atoms with E-state index in [4.69, 9.17) is 0 Å². The van der Waals surface area contributed by atoms with E-state index >= 15 is 8.78 Å². The number of nitrogens with zero attached hydrogens (tertiary/aromatic N) is 3. The zero-order valence-corrected chi connectivity index (χ0v) is 32.1. The van der Waals surface area contributed by atoms with Crippen LogP contribution in [-0.4, -0.2) is 74.4 Å². The second kappa shape index (κ2) is 13.8. The lowest BCUT2D eigenvalue weighted by Gasteiger charge is -2.62. The summed E-state index contributed by atoms with van der Waals surface area (Å²) in [5.41, 5.74) is -0.739. The predicted octanol–water partition coefficient (Wildman–Crippen LogP) is 7.61. The Labute approximate surface area is 317 Å². The zero-order chi connectivity index (χ0) is 38.0. The van der Waals surface area contributed by atoms with E-state index < -0.39 is 23.0 Å². The van der Waals surface area contributed by atoms with Crippen molar-refractivity contribution in [2.45, 2.75) is 116 Å². The SMILES string of the molecule is CC1(F)CC[C@@]2(C)[C@@H](CC[C@@H]3[C@@H]2CC[C@@]2(C)[C@H]3CC[C@@]2(O)CCCC(=O)N2CCN(C(=O)c3cc(Cc4n[nH]c(=O)c5ccccc45)ccc3F)CC2)C1. The van der Waals surface area contributed by atoms with Crippen molar-refractivity contribution in [3.63, 3.8) is 0 Å². The number of carbonyl (C=O) groups excluding carboxylic acids is 2. The minimum absolute atomic E-state index is 0.0183. The summed E-state index contributed by atoms with van der Waals surface area (Å²) in [4.78, 5) is 42.6. The molecule has 0 bridgehead atoms. The molecule has 54 heavy (non-hydrogen) atoms. The number of aromatic nitrogens is 2. The highest BCUT2D eigenvalue weighted by molar-refractivity contribution is 5.95. The molecule has 0 spiro atoms. The van der Waals surface area contributed by atoms with E-state index in [0.29, 0.717) is 110 Å². The van der Waals surface area contributed by atoms with Gasteiger partial charge in [0, 0.05) is 44.4 Å². The highest BCUT2D eigenvalue weighted by Gasteiger charge is 2.64. The largest absolute Gasteiger partial charge is 0.389 e. The molecule has 8 nitrogen and oxygen atoms in total. The molecular formula is C44H56F2N4O4. The fraction of sp³-hybridized carbons (Fsp3) is 0.636. The Balaban J connectivity index is 0.842. The Morgan fingerprint density at radius 2 is 1.63 bits per heavy atom. The number of carbonyl (C=O) groups is 2. The van der Waals surface area contributed by atoms with E-state index in [1.165, 1.54) is 6.07 Å². The monoisotopic (exact) mass is 742 g/mol. The van der Waals surface area contributed by atoms with Crippen LogP contribution in [0.15, 0.2) is 47.3 Å². The smallest absolute Gasteiger partial charge is 0.272 e. The maximum atomic E-state index is 15.0. The molecule has 5 fully saturated rings. The van der Waals surface area contributed by atoms with E-state index in [0.717, 1.165) is 44.9 Å². The van der Waals surface area contributed by atoms with Gasteiger partial charge in [-0.15, -0.1) is 0 Å². The number of nitrogens with one attached hydrogen (secondary N) is 1. The molecule has 8 rings (SSSR count). The number of amides is 2. The molecule has 8 atom stereocenters. The summed E-state index contributed by atoms with van der Waals surface area (Å²) in [6.45, 7) is 7.95. The quantitative estimate of drug-likeness (QED) is 0.259. The molecule has 4 aliphatic carbocycles. The first-order valence-corrected chi connectivity index (χ1v) is 20.4. The van der Waals surface area contributed by atoms with Crippen LogP contribution in [0.1, 0.15) is 119 Å². The topological polar surface area (TPSA) is 107 Å². The lowest BCUT2D eigenvalue weighted by atomic mass is 9.43. The van der Waals surface area contributed by atoms with Crippen LogP contribution in [0.2, 0.25) is 0 Å². The molecule has 10 heteroatoms. The van der Waals surface area contributed by atoms with Crippen molar-refractivity contribution in [1.82, 2.24) is 20.0 Å². The third kappa shape index (κ3) is 6.38. The average molecular weight is 743 g/mol. The Morgan fingerprint density at radius 1 is 0.907 bits per heavy atom. The molecule has 1 aromatic heterocycles. The van der Waals surface area contributed by atoms with Crippen molar-refractivity contribution < 1.29 is 23.5 Å². The van der Waals surface area contributed by atoms with E-state index in [1.54, 1.807) is 41.0 Å². The second-order valence-corrected chi connectivity index (χ2v) is 18.4. The van der Waals surface area contributed by atoms with Gasteiger partial charge in [0.05, 0.1) is 22.2 Å². The molecule has 4 saturated carbocycles. The molecule has 1 saturated heterocycles. The maximum absolute atomic E-state index is 15.0. The van der Waals surface area contributed by atoms with Crippen LogP contribution in [0.3, 0.4) is 0 Å². The van der Waals surface area contributed by atoms with E-state index in [1.807, 2.05) is 12.1 Å². The number of halogens is 2. The Bertz CT molecular complexity index is 1990. The number of alkyl halides is 1. The number of hydrogen-bond acceptors (Lipinski definition) is 5. The van der Waals surface area contributed by atoms with Gasteiger partial charge in [0.15, 0.2) is 0 Å². The summed E-state index contributed by atoms with van der Waals surface area (Å²) in [5, 5.41) is 20.2. The van der Waals surface area contributed by atoms with E-state index in [-0.39, 0.29) is 27.9 Å². The summed E-state index contributed by atoms with van der Waals surface area (Å²) >= 11 is 0. The van der Waals surface area contributed by atoms with Crippen LogP contribution in [0.25, 0.3) is 10.8 Å². The van der Waals surface area contributed by atoms with Crippen LogP contribution in [-0.2, 0) is 11.2 Å². The fourth-order valence-electron chi connectivity index (χ4n) is 12.3. The van der Waals surface area contributed by atoms with Gasteiger partial charge in [0.1, 0.15) is 11.5 Å². The molecule has 1 aliphatic heterocycles. The maximum Gasteiger partial charge on any atom is 0.272 e. The van der Waals surface area contributed by atoms with Crippen molar-refractivity contribution in [1.29, 1.82) is 0 Å². The normalized spacial score (nSPS) is 35.0. The van der Waals surface area contributed by atoms with Crippen molar-refractivity contribution in [3.8, 4) is 0 Å². The van der Waals surface area contributed by atoms with E-state index in [2.05, 4.69) is 24.0 Å². The summed E-state index contributed by atoms with van der Waals surface area (Å²) in [6, 6.07) is 11.7. The number of benzene rings is 2. The Morgan fingerprint density at radius 3 is 2.41 bits per heavy atom. The van der Waals surface area contributed by atoms with Crippen LogP contribution >= 0.6 is 0 Å². The number of piperazine rings is 1. The van der Waals surface area contributed by atoms with Gasteiger partial charge in [-0.3, -0.25) is 14.4 Å². The Kier molecular flexibility index (Phi) is 9.54. The summed E-state index contributed by atoms with van der Waals surface area (Å²) < 4.78 is 30.1. The lowest BCUT2D eigenvalue weighted by Crippen LogP contribution is -2.57. The third-order valence-corrected chi connectivity index (χ3v) is 15.6. The van der Waals surface area contributed by atoms with Gasteiger partial charge < -0.3 is 14.9 Å². The summed E-state index contributed by atoms with van der Waals surface area (Å²) in [6.07, 6.45) is 10.4. The minimum Gasteiger partial charge on any atom is -0.389 e. The minimum atomic E-state index is -1.04. The Hall–Kier alpha value is -3.66. The zero-order valence-electron chi connectivity index (χ0n) is 32.1. The van der Waals surface area contributed by atoms with Gasteiger partial charge in [0.25, 0.3) is 11.5 Å². The fourth-order valence-corrected chi connectivity index (χ4v) is 12.3. The number of aliphatic hydroxyl groups is 1. The molecule has 5 aliphatic rings. The highest BCUT2D eigenvalue weighted by Crippen LogP contribution is 2.69. The van der Waals surface area contributed by atoms with Gasteiger partial charge in [-0.1, -0.05) is 38.1 Å². The molecule has 2 heterocycles. The second-order valence-electron chi connectivity index (χ2n) is 18.4. The van der Waals surface area contributed by atoms with Gasteiger partial charge in [0.2, 0.25) is 5.91 Å². The molecule has 2 N–H and O–H groups in total. The number of fused-ring (bicyclic) bond motifs is 6. The standard InChI is InChI=1S/C44H56F2N4O4/c1-41(46)19-20-42(2)29(27-41)11-12-32-34(42)14-17-43(3)35(32)15-18-44(43,54)16-6-9-38(51)49-21-23-50(24-22-49)40(53)33-25-28(10-13-36(33)45)26-37-30-7-4-5-8-31(30)39(52)48-47-37/h4-5,7-8,10,13,25,29,32,34-35,54H,6,9,11-12,14-24,26-27H2,1-3H3,(H,48,52)/t29-,32+,34-,35-,41?,42-,43-,44-/m0/s1. The molecule has 3 aromatic rings. The first kappa shape index (κ1) is 37.3. The first-order chi connectivity index (χ1) is 25.7. The predicted molar refractivity (Wildman–Crippen MR) is 204 cm³/mol. The lowest BCUT2D eigenvalue weighted by molar-refractivity contribution is -0.163. The van der Waals surface area contributed by atoms with E-state index in [9.17, 15) is 19.5 Å². The van der Waals surface area contributed by atoms with Crippen LogP contribution in [0, 0.1) is 40.3 Å². The molecule has 1 unspecified atom stereocenters. The van der Waals surface area contributed by atoms with Gasteiger partial charge in [-0.2, -0.15) is 5.10 Å².